The second kappa shape index (κ2) is 10.8. The molecule has 0 aliphatic carbocycles. The summed E-state index contributed by atoms with van der Waals surface area (Å²) in [6, 6.07) is 5.73. The highest BCUT2D eigenvalue weighted by molar-refractivity contribution is 7.96. The number of nitrogens with one attached hydrogen (secondary N) is 1. The summed E-state index contributed by atoms with van der Waals surface area (Å²) in [5.41, 5.74) is 2.83. The van der Waals surface area contributed by atoms with E-state index in [1.807, 2.05) is 12.3 Å². The van der Waals surface area contributed by atoms with E-state index in [-0.39, 0.29) is 5.82 Å². The number of aryl methyl sites for hydroxylation is 1. The number of H-pyrrole nitrogens is 1. The number of imidazole rings is 1. The highest BCUT2D eigenvalue weighted by Crippen LogP contribution is 2.34. The topological polar surface area (TPSA) is 78.3 Å². The lowest BCUT2D eigenvalue weighted by Gasteiger charge is -2.35. The first-order valence-electron chi connectivity index (χ1n) is 13.4. The minimum absolute atomic E-state index is 0.328. The fraction of sp³-hybridized carbons (Fsp3) is 0.519. The van der Waals surface area contributed by atoms with Crippen molar-refractivity contribution in [2.45, 2.75) is 38.9 Å². The van der Waals surface area contributed by atoms with Gasteiger partial charge in [0.1, 0.15) is 11.6 Å². The number of morpholine rings is 1. The Hall–Kier alpha value is -2.73. The average Bonchev–Trinajstić information content (AvgIpc) is 3.57. The third-order valence-electron chi connectivity index (χ3n) is 7.91. The van der Waals surface area contributed by atoms with Gasteiger partial charge in [-0.15, -0.1) is 0 Å². The molecule has 1 aromatic carbocycles. The second-order valence-corrected chi connectivity index (χ2v) is 11.0. The number of nitrogens with zero attached hydrogens (tertiary/aromatic N) is 7. The lowest BCUT2D eigenvalue weighted by Crippen LogP contribution is -2.41. The Morgan fingerprint density at radius 2 is 1.89 bits per heavy atom. The first-order valence-corrected chi connectivity index (χ1v) is 14.6. The van der Waals surface area contributed by atoms with Gasteiger partial charge in [0.15, 0.2) is 22.8 Å². The van der Waals surface area contributed by atoms with Crippen LogP contribution in [0, 0.1) is 5.82 Å². The number of piperidine rings is 1. The van der Waals surface area contributed by atoms with Crippen LogP contribution in [0.3, 0.4) is 0 Å². The number of halogens is 1. The number of ether oxygens (including phenoxy) is 1. The largest absolute Gasteiger partial charge is 0.378 e. The highest BCUT2D eigenvalue weighted by atomic mass is 32.2. The zero-order chi connectivity index (χ0) is 26.2. The molecule has 2 saturated heterocycles. The molecule has 2 fully saturated rings. The zero-order valence-corrected chi connectivity index (χ0v) is 23.1. The van der Waals surface area contributed by atoms with E-state index in [4.69, 9.17) is 19.7 Å². The van der Waals surface area contributed by atoms with E-state index in [1.54, 1.807) is 18.0 Å². The molecule has 0 radical (unpaired) electrons. The molecule has 9 nitrogen and oxygen atoms in total. The molecule has 38 heavy (non-hydrogen) atoms. The summed E-state index contributed by atoms with van der Waals surface area (Å²) in [5, 5.41) is 0.776. The van der Waals surface area contributed by atoms with Crippen molar-refractivity contribution in [3.63, 3.8) is 0 Å². The van der Waals surface area contributed by atoms with E-state index in [0.29, 0.717) is 43.7 Å². The van der Waals surface area contributed by atoms with Crippen molar-refractivity contribution in [1.29, 1.82) is 0 Å². The van der Waals surface area contributed by atoms with Crippen molar-refractivity contribution < 1.29 is 9.13 Å². The number of likely N-dealkylation sites (tertiary alicyclic amines) is 1. The predicted molar refractivity (Wildman–Crippen MR) is 151 cm³/mol. The van der Waals surface area contributed by atoms with E-state index in [2.05, 4.69) is 43.9 Å². The van der Waals surface area contributed by atoms with Crippen LogP contribution in [0.2, 0.25) is 0 Å². The van der Waals surface area contributed by atoms with Crippen LogP contribution in [0.15, 0.2) is 24.4 Å². The van der Waals surface area contributed by atoms with Crippen LogP contribution in [0.1, 0.15) is 25.6 Å². The van der Waals surface area contributed by atoms with Crippen molar-refractivity contribution in [2.75, 3.05) is 57.6 Å². The molecule has 6 rings (SSSR count). The maximum absolute atomic E-state index is 15.3. The first-order chi connectivity index (χ1) is 18.6. The number of aromatic amines is 1. The van der Waals surface area contributed by atoms with Gasteiger partial charge in [-0.3, -0.25) is 9.21 Å². The van der Waals surface area contributed by atoms with Gasteiger partial charge in [0.05, 0.1) is 25.3 Å². The molecule has 11 heteroatoms. The lowest BCUT2D eigenvalue weighted by molar-refractivity contribution is 0.122. The van der Waals surface area contributed by atoms with Gasteiger partial charge >= 0.3 is 0 Å². The summed E-state index contributed by atoms with van der Waals surface area (Å²) in [5.74, 6) is 1.81. The fourth-order valence-corrected chi connectivity index (χ4v) is 6.22. The molecule has 4 aromatic rings. The molecule has 5 heterocycles. The third-order valence-corrected chi connectivity index (χ3v) is 8.79. The van der Waals surface area contributed by atoms with Crippen LogP contribution < -0.4 is 4.90 Å². The number of rotatable bonds is 7. The molecule has 2 aliphatic rings. The number of anilines is 1. The zero-order valence-electron chi connectivity index (χ0n) is 22.3. The van der Waals surface area contributed by atoms with Gasteiger partial charge in [-0.2, -0.15) is 0 Å². The van der Waals surface area contributed by atoms with Crippen LogP contribution in [-0.4, -0.2) is 92.4 Å². The van der Waals surface area contributed by atoms with Crippen molar-refractivity contribution in [2.24, 2.45) is 0 Å². The number of hydrogen-bond acceptors (Lipinski definition) is 8. The minimum atomic E-state index is -0.328. The second-order valence-electron chi connectivity index (χ2n) is 10.0. The normalized spacial score (nSPS) is 17.9. The maximum atomic E-state index is 15.3. The van der Waals surface area contributed by atoms with E-state index in [0.717, 1.165) is 72.7 Å². The molecule has 0 bridgehead atoms. The Balaban J connectivity index is 1.43. The summed E-state index contributed by atoms with van der Waals surface area (Å²) in [7, 11) is 2.18. The quantitative estimate of drug-likeness (QED) is 0.352. The van der Waals surface area contributed by atoms with Crippen LogP contribution in [0.5, 0.6) is 0 Å². The van der Waals surface area contributed by atoms with Crippen LogP contribution >= 0.6 is 11.9 Å². The van der Waals surface area contributed by atoms with Crippen LogP contribution in [0.25, 0.3) is 33.5 Å². The van der Waals surface area contributed by atoms with Crippen LogP contribution in [0.4, 0.5) is 10.2 Å². The third kappa shape index (κ3) is 4.66. The smallest absolute Gasteiger partial charge is 0.167 e. The number of benzene rings is 1. The Morgan fingerprint density at radius 3 is 2.63 bits per heavy atom. The van der Waals surface area contributed by atoms with Gasteiger partial charge in [-0.25, -0.2) is 19.3 Å². The average molecular weight is 539 g/mol. The van der Waals surface area contributed by atoms with Crippen molar-refractivity contribution >= 4 is 39.8 Å². The predicted octanol–water partition coefficient (Wildman–Crippen LogP) is 4.14. The molecule has 1 N–H and O–H groups in total. The molecule has 202 valence electrons. The van der Waals surface area contributed by atoms with E-state index in [9.17, 15) is 0 Å². The fourth-order valence-electron chi connectivity index (χ4n) is 5.72. The highest BCUT2D eigenvalue weighted by Gasteiger charge is 2.27. The first kappa shape index (κ1) is 25.5. The van der Waals surface area contributed by atoms with Gasteiger partial charge in [-0.05, 0) is 51.3 Å². The molecule has 0 saturated carbocycles. The monoisotopic (exact) mass is 538 g/mol. The maximum Gasteiger partial charge on any atom is 0.167 e. The molecule has 0 atom stereocenters. The molecule has 2 aliphatic heterocycles. The van der Waals surface area contributed by atoms with E-state index in [1.165, 1.54) is 6.07 Å². The van der Waals surface area contributed by atoms with Gasteiger partial charge in [-0.1, -0.05) is 11.9 Å². The Bertz CT molecular complexity index is 1420. The minimum Gasteiger partial charge on any atom is -0.378 e. The van der Waals surface area contributed by atoms with Crippen molar-refractivity contribution in [3.8, 4) is 11.4 Å². The van der Waals surface area contributed by atoms with E-state index >= 15 is 4.39 Å². The van der Waals surface area contributed by atoms with Crippen molar-refractivity contribution in [1.82, 2.24) is 33.7 Å². The molecular weight excluding hydrogens is 503 g/mol. The summed E-state index contributed by atoms with van der Waals surface area (Å²) < 4.78 is 25.5. The van der Waals surface area contributed by atoms with Gasteiger partial charge in [0.25, 0.3) is 0 Å². The summed E-state index contributed by atoms with van der Waals surface area (Å²) in [6.07, 6.45) is 6.25. The summed E-state index contributed by atoms with van der Waals surface area (Å²) >= 11 is 1.80. The summed E-state index contributed by atoms with van der Waals surface area (Å²) in [4.78, 5) is 22.9. The Kier molecular flexibility index (Phi) is 7.26. The van der Waals surface area contributed by atoms with Crippen LogP contribution in [-0.2, 0) is 17.8 Å². The summed E-state index contributed by atoms with van der Waals surface area (Å²) in [6.45, 7) is 8.38. The lowest BCUT2D eigenvalue weighted by atomic mass is 10.1. The number of aromatic nitrogens is 5. The number of hydrogen-bond donors (Lipinski definition) is 1. The van der Waals surface area contributed by atoms with Crippen molar-refractivity contribution in [3.05, 3.63) is 36.0 Å². The van der Waals surface area contributed by atoms with E-state index < -0.39 is 0 Å². The van der Waals surface area contributed by atoms with Gasteiger partial charge in [0.2, 0.25) is 0 Å². The molecular formula is C27H35FN8OS. The molecule has 0 unspecified atom stereocenters. The van der Waals surface area contributed by atoms with Gasteiger partial charge in [0, 0.05) is 55.9 Å². The molecule has 0 spiro atoms. The standard InChI is InChI=1S/C27H35FN8OS/c1-4-36-22(17-34-11-8-18(9-12-34)33(2)38-3)30-24-26(35-13-15-37-16-14-35)31-25(32-27(24)36)23-19-7-10-29-21(19)6-5-20(23)28/h5-7,10,18,29H,4,8-9,11-17H2,1-3H3. The Labute approximate surface area is 226 Å². The SMILES string of the molecule is CCn1c(CN2CCC(N(C)SC)CC2)nc2c(N3CCOCC3)nc(-c3c(F)ccc4[nH]ccc34)nc21. The molecule has 3 aromatic heterocycles. The molecule has 0 amide bonds. The van der Waals surface area contributed by atoms with Gasteiger partial charge < -0.3 is 19.2 Å². The Morgan fingerprint density at radius 1 is 1.11 bits per heavy atom. The number of fused-ring (bicyclic) bond motifs is 2.